The molecule has 0 spiro atoms. The van der Waals surface area contributed by atoms with E-state index in [-0.39, 0.29) is 5.92 Å². The largest absolute Gasteiger partial charge is 0.352 e. The van der Waals surface area contributed by atoms with E-state index in [0.29, 0.717) is 11.7 Å². The molecule has 0 N–H and O–H groups in total. The van der Waals surface area contributed by atoms with E-state index < -0.39 is 0 Å². The highest BCUT2D eigenvalue weighted by Crippen LogP contribution is 2.20. The lowest BCUT2D eigenvalue weighted by atomic mass is 9.96. The number of amides is 1. The van der Waals surface area contributed by atoms with Crippen molar-refractivity contribution in [2.24, 2.45) is 5.92 Å². The van der Waals surface area contributed by atoms with Crippen LogP contribution in [0.25, 0.3) is 5.82 Å². The molecule has 2 fully saturated rings. The Morgan fingerprint density at radius 2 is 1.85 bits per heavy atom. The first-order valence-corrected chi connectivity index (χ1v) is 9.12. The lowest BCUT2D eigenvalue weighted by Gasteiger charge is -2.38. The minimum atomic E-state index is 0.155. The van der Waals surface area contributed by atoms with Crippen LogP contribution in [-0.4, -0.2) is 87.0 Å². The van der Waals surface area contributed by atoms with Crippen LogP contribution >= 0.6 is 0 Å². The van der Waals surface area contributed by atoms with Gasteiger partial charge in [-0.3, -0.25) is 4.79 Å². The van der Waals surface area contributed by atoms with E-state index in [9.17, 15) is 4.79 Å². The van der Waals surface area contributed by atoms with Crippen molar-refractivity contribution in [2.75, 3.05) is 51.2 Å². The summed E-state index contributed by atoms with van der Waals surface area (Å²) in [5.41, 5.74) is 0. The van der Waals surface area contributed by atoms with E-state index in [1.165, 1.54) is 6.33 Å². The monoisotopic (exact) mass is 356 g/mol. The first-order valence-electron chi connectivity index (χ1n) is 9.12. The van der Waals surface area contributed by atoms with Crippen molar-refractivity contribution in [3.8, 4) is 5.82 Å². The second kappa shape index (κ2) is 7.36. The quantitative estimate of drug-likeness (QED) is 0.768. The van der Waals surface area contributed by atoms with E-state index in [1.807, 2.05) is 17.0 Å². The fourth-order valence-corrected chi connectivity index (χ4v) is 3.72. The van der Waals surface area contributed by atoms with Gasteiger partial charge < -0.3 is 14.7 Å². The summed E-state index contributed by atoms with van der Waals surface area (Å²) in [4.78, 5) is 23.1. The molecule has 0 bridgehead atoms. The van der Waals surface area contributed by atoms with Crippen LogP contribution in [0.5, 0.6) is 0 Å². The van der Waals surface area contributed by atoms with Gasteiger partial charge in [-0.25, -0.2) is 9.67 Å². The highest BCUT2D eigenvalue weighted by molar-refractivity contribution is 5.79. The molecule has 0 saturated carbocycles. The van der Waals surface area contributed by atoms with Crippen molar-refractivity contribution in [1.82, 2.24) is 34.8 Å². The molecule has 4 heterocycles. The Morgan fingerprint density at radius 1 is 1.08 bits per heavy atom. The highest BCUT2D eigenvalue weighted by Gasteiger charge is 2.30. The van der Waals surface area contributed by atoms with Crippen molar-refractivity contribution in [1.29, 1.82) is 0 Å². The molecular formula is C17H24N8O. The molecule has 2 saturated heterocycles. The van der Waals surface area contributed by atoms with Crippen LogP contribution in [0.3, 0.4) is 0 Å². The third kappa shape index (κ3) is 3.52. The van der Waals surface area contributed by atoms with Crippen molar-refractivity contribution in [3.05, 3.63) is 24.8 Å². The molecule has 26 heavy (non-hydrogen) atoms. The van der Waals surface area contributed by atoms with Crippen molar-refractivity contribution in [2.45, 2.75) is 12.8 Å². The molecule has 138 valence electrons. The summed E-state index contributed by atoms with van der Waals surface area (Å²) >= 11 is 0. The number of hydrogen-bond donors (Lipinski definition) is 0. The highest BCUT2D eigenvalue weighted by atomic mass is 16.2. The molecule has 9 nitrogen and oxygen atoms in total. The number of carbonyl (C=O) groups excluding carboxylic acids is 1. The van der Waals surface area contributed by atoms with Crippen LogP contribution in [0, 0.1) is 5.92 Å². The maximum absolute atomic E-state index is 12.8. The molecule has 0 radical (unpaired) electrons. The zero-order valence-corrected chi connectivity index (χ0v) is 15.0. The molecule has 2 aromatic rings. The molecule has 0 aliphatic carbocycles. The number of piperidine rings is 1. The van der Waals surface area contributed by atoms with E-state index in [2.05, 4.69) is 37.1 Å². The second-order valence-electron chi connectivity index (χ2n) is 7.00. The van der Waals surface area contributed by atoms with Gasteiger partial charge in [0.05, 0.1) is 5.92 Å². The number of hydrogen-bond acceptors (Lipinski definition) is 7. The van der Waals surface area contributed by atoms with Gasteiger partial charge in [0.2, 0.25) is 5.91 Å². The Hall–Kier alpha value is -2.55. The summed E-state index contributed by atoms with van der Waals surface area (Å²) in [6.07, 6.45) is 5.19. The van der Waals surface area contributed by atoms with Crippen molar-refractivity contribution >= 4 is 11.7 Å². The van der Waals surface area contributed by atoms with E-state index in [4.69, 9.17) is 0 Å². The molecule has 1 amide bonds. The Bertz CT molecular complexity index is 724. The molecular weight excluding hydrogens is 332 g/mol. The SMILES string of the molecule is CN1CCCC(C(=O)N2CCN(c3ccc(-n4cncn4)nn3)CC2)C1. The lowest BCUT2D eigenvalue weighted by molar-refractivity contribution is -0.137. The van der Waals surface area contributed by atoms with Crippen LogP contribution in [0.1, 0.15) is 12.8 Å². The standard InChI is InChI=1S/C17H24N8O/c1-22-6-2-3-14(11-22)17(26)24-9-7-23(8-10-24)15-4-5-16(21-20-15)25-13-18-12-19-25/h4-5,12-14H,2-3,6-11H2,1H3. The first-order chi connectivity index (χ1) is 12.7. The predicted molar refractivity (Wildman–Crippen MR) is 96.0 cm³/mol. The van der Waals surface area contributed by atoms with Gasteiger partial charge in [-0.1, -0.05) is 0 Å². The van der Waals surface area contributed by atoms with Crippen LogP contribution in [-0.2, 0) is 4.79 Å². The Balaban J connectivity index is 1.34. The zero-order valence-electron chi connectivity index (χ0n) is 15.0. The number of likely N-dealkylation sites (tertiary alicyclic amines) is 1. The van der Waals surface area contributed by atoms with Gasteiger partial charge in [0.15, 0.2) is 11.6 Å². The fourth-order valence-electron chi connectivity index (χ4n) is 3.72. The Labute approximate surface area is 152 Å². The minimum absolute atomic E-state index is 0.155. The third-order valence-electron chi connectivity index (χ3n) is 5.18. The number of rotatable bonds is 3. The maximum Gasteiger partial charge on any atom is 0.227 e. The van der Waals surface area contributed by atoms with E-state index in [1.54, 1.807) is 11.0 Å². The smallest absolute Gasteiger partial charge is 0.227 e. The average molecular weight is 356 g/mol. The van der Waals surface area contributed by atoms with E-state index >= 15 is 0 Å². The molecule has 2 aromatic heterocycles. The topological polar surface area (TPSA) is 83.3 Å². The van der Waals surface area contributed by atoms with Gasteiger partial charge in [0, 0.05) is 32.7 Å². The summed E-state index contributed by atoms with van der Waals surface area (Å²) < 4.78 is 1.58. The Kier molecular flexibility index (Phi) is 4.79. The van der Waals surface area contributed by atoms with Gasteiger partial charge in [0.25, 0.3) is 0 Å². The summed E-state index contributed by atoms with van der Waals surface area (Å²) in [5.74, 6) is 1.94. The van der Waals surface area contributed by atoms with Crippen LogP contribution in [0.15, 0.2) is 24.8 Å². The molecule has 4 rings (SSSR count). The van der Waals surface area contributed by atoms with Crippen LogP contribution in [0.2, 0.25) is 0 Å². The summed E-state index contributed by atoms with van der Waals surface area (Å²) in [6, 6.07) is 3.82. The molecule has 0 aromatic carbocycles. The number of piperazine rings is 1. The minimum Gasteiger partial charge on any atom is -0.352 e. The normalized spacial score (nSPS) is 21.8. The second-order valence-corrected chi connectivity index (χ2v) is 7.00. The fraction of sp³-hybridized carbons (Fsp3) is 0.588. The lowest BCUT2D eigenvalue weighted by Crippen LogP contribution is -2.52. The van der Waals surface area contributed by atoms with Crippen molar-refractivity contribution in [3.63, 3.8) is 0 Å². The van der Waals surface area contributed by atoms with Gasteiger partial charge in [-0.2, -0.15) is 5.10 Å². The molecule has 2 aliphatic rings. The van der Waals surface area contributed by atoms with Gasteiger partial charge in [-0.15, -0.1) is 10.2 Å². The Morgan fingerprint density at radius 3 is 2.50 bits per heavy atom. The predicted octanol–water partition coefficient (Wildman–Crippen LogP) is 0.0477. The number of nitrogens with zero attached hydrogens (tertiary/aromatic N) is 8. The molecule has 2 aliphatic heterocycles. The van der Waals surface area contributed by atoms with Crippen LogP contribution < -0.4 is 4.90 Å². The molecule has 9 heteroatoms. The molecule has 1 unspecified atom stereocenters. The van der Waals surface area contributed by atoms with Crippen molar-refractivity contribution < 1.29 is 4.79 Å². The first kappa shape index (κ1) is 16.9. The number of anilines is 1. The number of carbonyl (C=O) groups is 1. The summed E-state index contributed by atoms with van der Waals surface area (Å²) in [6.45, 7) is 5.03. The molecule has 1 atom stereocenters. The summed E-state index contributed by atoms with van der Waals surface area (Å²) in [5, 5.41) is 12.6. The van der Waals surface area contributed by atoms with Crippen LogP contribution in [0.4, 0.5) is 5.82 Å². The zero-order chi connectivity index (χ0) is 17.9. The average Bonchev–Trinajstić information content (AvgIpc) is 3.23. The van der Waals surface area contributed by atoms with Gasteiger partial charge in [0.1, 0.15) is 12.7 Å². The summed E-state index contributed by atoms with van der Waals surface area (Å²) in [7, 11) is 2.10. The van der Waals surface area contributed by atoms with Gasteiger partial charge >= 0.3 is 0 Å². The van der Waals surface area contributed by atoms with Gasteiger partial charge in [-0.05, 0) is 38.6 Å². The number of aromatic nitrogens is 5. The maximum atomic E-state index is 12.8. The van der Waals surface area contributed by atoms with E-state index in [0.717, 1.165) is 57.9 Å². The third-order valence-corrected chi connectivity index (χ3v) is 5.18.